The summed E-state index contributed by atoms with van der Waals surface area (Å²) in [6.07, 6.45) is 3.48. The zero-order chi connectivity index (χ0) is 28.6. The summed E-state index contributed by atoms with van der Waals surface area (Å²) in [4.78, 5) is 17.6. The normalized spacial score (nSPS) is 13.3. The second-order valence-corrected chi connectivity index (χ2v) is 14.3. The van der Waals surface area contributed by atoms with Crippen molar-refractivity contribution in [1.82, 2.24) is 4.98 Å². The molecule has 0 radical (unpaired) electrons. The highest BCUT2D eigenvalue weighted by Gasteiger charge is 2.33. The standard InChI is InChI=1S/C33H37NO4S/c1-22(31(35)38-32(2,3)4)18-25-16-15-24(23-12-9-8-10-13-23)20-28(25)29-21-27(33(5,6)39(7,36)37)19-26-14-11-17-34-30(26)29/h8-17,19-22H,18H2,1-7H3. The van der Waals surface area contributed by atoms with E-state index in [9.17, 15) is 13.2 Å². The molecule has 0 N–H and O–H groups in total. The van der Waals surface area contributed by atoms with E-state index in [4.69, 9.17) is 9.72 Å². The Morgan fingerprint density at radius 2 is 1.56 bits per heavy atom. The van der Waals surface area contributed by atoms with E-state index in [1.165, 1.54) is 6.26 Å². The number of benzene rings is 3. The highest BCUT2D eigenvalue weighted by Crippen LogP contribution is 2.39. The van der Waals surface area contributed by atoms with Crippen LogP contribution in [0.5, 0.6) is 0 Å². The fraction of sp³-hybridized carbons (Fsp3) is 0.333. The van der Waals surface area contributed by atoms with Crippen molar-refractivity contribution in [3.05, 3.63) is 90.1 Å². The largest absolute Gasteiger partial charge is 0.460 e. The van der Waals surface area contributed by atoms with E-state index in [0.29, 0.717) is 12.0 Å². The fourth-order valence-corrected chi connectivity index (χ4v) is 5.14. The maximum Gasteiger partial charge on any atom is 0.309 e. The van der Waals surface area contributed by atoms with E-state index in [0.717, 1.165) is 38.7 Å². The van der Waals surface area contributed by atoms with Crippen LogP contribution >= 0.6 is 0 Å². The molecule has 4 aromatic rings. The number of aromatic nitrogens is 1. The lowest BCUT2D eigenvalue weighted by Gasteiger charge is -2.25. The van der Waals surface area contributed by atoms with Crippen molar-refractivity contribution >= 4 is 26.7 Å². The maximum absolute atomic E-state index is 12.9. The van der Waals surface area contributed by atoms with Crippen molar-refractivity contribution in [3.8, 4) is 22.3 Å². The number of hydrogen-bond acceptors (Lipinski definition) is 5. The zero-order valence-corrected chi connectivity index (χ0v) is 24.6. The molecule has 0 bridgehead atoms. The van der Waals surface area contributed by atoms with Crippen LogP contribution in [0.15, 0.2) is 79.0 Å². The van der Waals surface area contributed by atoms with Crippen molar-refractivity contribution in [2.75, 3.05) is 6.26 Å². The number of ether oxygens (including phenoxy) is 1. The maximum atomic E-state index is 12.9. The van der Waals surface area contributed by atoms with Gasteiger partial charge in [-0.3, -0.25) is 9.78 Å². The van der Waals surface area contributed by atoms with Gasteiger partial charge in [-0.1, -0.05) is 55.5 Å². The Labute approximate surface area is 232 Å². The topological polar surface area (TPSA) is 73.3 Å². The van der Waals surface area contributed by atoms with Crippen LogP contribution in [-0.2, 0) is 30.5 Å². The van der Waals surface area contributed by atoms with E-state index >= 15 is 0 Å². The van der Waals surface area contributed by atoms with Crippen molar-refractivity contribution in [2.45, 2.75) is 58.3 Å². The number of pyridine rings is 1. The van der Waals surface area contributed by atoms with E-state index in [1.807, 2.05) is 70.2 Å². The molecule has 204 valence electrons. The highest BCUT2D eigenvalue weighted by atomic mass is 32.2. The van der Waals surface area contributed by atoms with Crippen LogP contribution in [0.25, 0.3) is 33.2 Å². The fourth-order valence-electron chi connectivity index (χ4n) is 4.59. The van der Waals surface area contributed by atoms with Crippen LogP contribution in [0.1, 0.15) is 52.7 Å². The van der Waals surface area contributed by atoms with Crippen LogP contribution in [0.3, 0.4) is 0 Å². The first-order valence-corrected chi connectivity index (χ1v) is 15.1. The summed E-state index contributed by atoms with van der Waals surface area (Å²) in [6, 6.07) is 24.0. The molecule has 1 aromatic heterocycles. The lowest BCUT2D eigenvalue weighted by Crippen LogP contribution is -2.28. The predicted octanol–water partition coefficient (Wildman–Crippen LogP) is 7.37. The van der Waals surface area contributed by atoms with Crippen LogP contribution in [0.2, 0.25) is 0 Å². The summed E-state index contributed by atoms with van der Waals surface area (Å²) in [5.41, 5.74) is 5.71. The molecule has 0 aliphatic heterocycles. The zero-order valence-electron chi connectivity index (χ0n) is 23.8. The third-order valence-corrected chi connectivity index (χ3v) is 9.26. The molecule has 0 spiro atoms. The number of sulfone groups is 1. The van der Waals surface area contributed by atoms with Crippen LogP contribution in [-0.4, -0.2) is 31.2 Å². The molecule has 1 atom stereocenters. The first kappa shape index (κ1) is 28.5. The van der Waals surface area contributed by atoms with Gasteiger partial charge in [-0.25, -0.2) is 8.42 Å². The van der Waals surface area contributed by atoms with E-state index in [1.54, 1.807) is 20.0 Å². The number of nitrogens with zero attached hydrogens (tertiary/aromatic N) is 1. The van der Waals surface area contributed by atoms with Gasteiger partial charge in [0.15, 0.2) is 9.84 Å². The summed E-state index contributed by atoms with van der Waals surface area (Å²) < 4.78 is 30.2. The molecular weight excluding hydrogens is 506 g/mol. The first-order chi connectivity index (χ1) is 18.2. The number of rotatable bonds is 7. The summed E-state index contributed by atoms with van der Waals surface area (Å²) in [6.45, 7) is 10.9. The molecule has 0 amide bonds. The van der Waals surface area contributed by atoms with Gasteiger partial charge in [0.05, 0.1) is 16.2 Å². The molecule has 0 saturated carbocycles. The Morgan fingerprint density at radius 1 is 0.872 bits per heavy atom. The van der Waals surface area contributed by atoms with Crippen molar-refractivity contribution < 1.29 is 17.9 Å². The highest BCUT2D eigenvalue weighted by molar-refractivity contribution is 7.91. The van der Waals surface area contributed by atoms with Gasteiger partial charge in [0.2, 0.25) is 0 Å². The summed E-state index contributed by atoms with van der Waals surface area (Å²) in [5.74, 6) is -0.629. The molecular formula is C33H37NO4S. The van der Waals surface area contributed by atoms with Crippen LogP contribution in [0, 0.1) is 5.92 Å². The molecule has 4 rings (SSSR count). The van der Waals surface area contributed by atoms with E-state index in [2.05, 4.69) is 30.3 Å². The molecule has 3 aromatic carbocycles. The number of hydrogen-bond donors (Lipinski definition) is 0. The van der Waals surface area contributed by atoms with Gasteiger partial charge in [-0.05, 0) is 93.1 Å². The molecule has 39 heavy (non-hydrogen) atoms. The number of fused-ring (bicyclic) bond motifs is 1. The van der Waals surface area contributed by atoms with Crippen molar-refractivity contribution in [1.29, 1.82) is 0 Å². The molecule has 0 aliphatic rings. The smallest absolute Gasteiger partial charge is 0.309 e. The SMILES string of the molecule is CC(Cc1ccc(-c2ccccc2)cc1-c1cc(C(C)(C)S(C)(=O)=O)cc2cccnc12)C(=O)OC(C)(C)C. The average Bonchev–Trinajstić information content (AvgIpc) is 2.87. The summed E-state index contributed by atoms with van der Waals surface area (Å²) in [5, 5.41) is 0.859. The number of carbonyl (C=O) groups excluding carboxylic acids is 1. The lowest BCUT2D eigenvalue weighted by molar-refractivity contribution is -0.159. The second kappa shape index (κ2) is 10.6. The monoisotopic (exact) mass is 543 g/mol. The van der Waals surface area contributed by atoms with Crippen LogP contribution < -0.4 is 0 Å². The molecule has 5 nitrogen and oxygen atoms in total. The molecule has 1 heterocycles. The lowest BCUT2D eigenvalue weighted by atomic mass is 9.87. The predicted molar refractivity (Wildman–Crippen MR) is 159 cm³/mol. The van der Waals surface area contributed by atoms with Gasteiger partial charge < -0.3 is 4.74 Å². The Morgan fingerprint density at radius 3 is 2.21 bits per heavy atom. The third-order valence-electron chi connectivity index (χ3n) is 7.17. The molecule has 0 fully saturated rings. The molecule has 0 saturated heterocycles. The Balaban J connectivity index is 1.96. The van der Waals surface area contributed by atoms with Crippen molar-refractivity contribution in [2.24, 2.45) is 5.92 Å². The summed E-state index contributed by atoms with van der Waals surface area (Å²) >= 11 is 0. The minimum atomic E-state index is -3.41. The van der Waals surface area contributed by atoms with Crippen molar-refractivity contribution in [3.63, 3.8) is 0 Å². The second-order valence-electron chi connectivity index (χ2n) is 11.8. The first-order valence-electron chi connectivity index (χ1n) is 13.2. The molecule has 1 unspecified atom stereocenters. The minimum absolute atomic E-state index is 0.254. The summed E-state index contributed by atoms with van der Waals surface area (Å²) in [7, 11) is -3.41. The van der Waals surface area contributed by atoms with Gasteiger partial charge in [0.25, 0.3) is 0 Å². The van der Waals surface area contributed by atoms with Gasteiger partial charge in [-0.2, -0.15) is 0 Å². The third kappa shape index (κ3) is 6.22. The number of esters is 1. The number of carbonyl (C=O) groups is 1. The van der Waals surface area contributed by atoms with Gasteiger partial charge in [-0.15, -0.1) is 0 Å². The minimum Gasteiger partial charge on any atom is -0.460 e. The Hall–Kier alpha value is -3.51. The molecule has 6 heteroatoms. The van der Waals surface area contributed by atoms with Crippen LogP contribution in [0.4, 0.5) is 0 Å². The van der Waals surface area contributed by atoms with E-state index < -0.39 is 20.2 Å². The average molecular weight is 544 g/mol. The molecule has 0 aliphatic carbocycles. The quantitative estimate of drug-likeness (QED) is 0.228. The van der Waals surface area contributed by atoms with E-state index in [-0.39, 0.29) is 11.9 Å². The van der Waals surface area contributed by atoms with Gasteiger partial charge >= 0.3 is 5.97 Å². The Kier molecular flexibility index (Phi) is 7.72. The van der Waals surface area contributed by atoms with Gasteiger partial charge in [0.1, 0.15) is 5.60 Å². The Bertz CT molecular complexity index is 1620. The van der Waals surface area contributed by atoms with Gasteiger partial charge in [0, 0.05) is 23.4 Å².